The first-order valence-corrected chi connectivity index (χ1v) is 23.4. The Hall–Kier alpha value is -5.64. The standard InChI is InChI=1S/C46H53N5O10S/c1-27-14-16-28(17-15-27)36-24-39(41-40(47-36)34-22-31(58-2)18-21-38(34)61-41)59-32-23-37-42(52)49-46(44(54)50-62(56,57)33-19-20-33)25-29(46)10-6-4-3-5-7-13-35(43(53)51(37)26-32)48-45(55)60-30-11-8-9-12-30/h6,10,14-18,21-22,24,29-30,32-33,35,37H,3-5,7-9,11-13,19-20,23,25-26H2,1-2H3,(H,48,55)(H,49,52)(H,50,54)/b10-6-/t29-,32+,35-,37-,46+/m0/s1. The molecule has 0 unspecified atom stereocenters. The number of amides is 4. The molecule has 3 aliphatic carbocycles. The van der Waals surface area contributed by atoms with Gasteiger partial charge in [-0.2, -0.15) is 0 Å². The van der Waals surface area contributed by atoms with Gasteiger partial charge in [-0.05, 0) is 89.3 Å². The lowest BCUT2D eigenvalue weighted by Crippen LogP contribution is -2.58. The summed E-state index contributed by atoms with van der Waals surface area (Å²) in [7, 11) is -2.33. The van der Waals surface area contributed by atoms with Gasteiger partial charge in [0.2, 0.25) is 21.8 Å². The van der Waals surface area contributed by atoms with E-state index in [2.05, 4.69) is 15.4 Å². The number of hydrogen-bond acceptors (Lipinski definition) is 11. The molecule has 0 spiro atoms. The zero-order valence-electron chi connectivity index (χ0n) is 35.0. The zero-order chi connectivity index (χ0) is 43.2. The van der Waals surface area contributed by atoms with Crippen molar-refractivity contribution in [2.75, 3.05) is 13.7 Å². The van der Waals surface area contributed by atoms with Crippen LogP contribution in [0.2, 0.25) is 0 Å². The van der Waals surface area contributed by atoms with Crippen LogP contribution in [0.1, 0.15) is 89.0 Å². The number of carbonyl (C=O) groups excluding carboxylic acids is 4. The van der Waals surface area contributed by atoms with Crippen molar-refractivity contribution < 1.29 is 46.2 Å². The minimum Gasteiger partial charge on any atom is -0.497 e. The Bertz CT molecular complexity index is 2530. The quantitative estimate of drug-likeness (QED) is 0.159. The molecular formula is C46H53N5O10S. The smallest absolute Gasteiger partial charge is 0.408 e. The number of nitrogens with zero attached hydrogens (tertiary/aromatic N) is 2. The highest BCUT2D eigenvalue weighted by Gasteiger charge is 2.62. The molecule has 4 heterocycles. The lowest BCUT2D eigenvalue weighted by atomic mass is 10.0. The van der Waals surface area contributed by atoms with Gasteiger partial charge in [-0.15, -0.1) is 0 Å². The van der Waals surface area contributed by atoms with Crippen molar-refractivity contribution in [2.45, 2.75) is 125 Å². The van der Waals surface area contributed by atoms with Crippen LogP contribution in [0.4, 0.5) is 4.79 Å². The molecule has 9 rings (SSSR count). The van der Waals surface area contributed by atoms with Crippen LogP contribution in [-0.2, 0) is 29.1 Å². The fraction of sp³-hybridized carbons (Fsp3) is 0.500. The van der Waals surface area contributed by atoms with E-state index in [9.17, 15) is 27.6 Å². The van der Waals surface area contributed by atoms with E-state index in [0.717, 1.165) is 49.7 Å². The van der Waals surface area contributed by atoms with E-state index in [-0.39, 0.29) is 25.5 Å². The maximum atomic E-state index is 14.8. The van der Waals surface area contributed by atoms with E-state index in [0.29, 0.717) is 71.4 Å². The van der Waals surface area contributed by atoms with Gasteiger partial charge in [0.25, 0.3) is 5.91 Å². The lowest BCUT2D eigenvalue weighted by molar-refractivity contribution is -0.141. The molecule has 4 aromatic rings. The highest BCUT2D eigenvalue weighted by Crippen LogP contribution is 2.46. The molecule has 1 saturated heterocycles. The highest BCUT2D eigenvalue weighted by atomic mass is 32.2. The first-order valence-electron chi connectivity index (χ1n) is 21.9. The van der Waals surface area contributed by atoms with Crippen molar-refractivity contribution in [1.29, 1.82) is 0 Å². The largest absolute Gasteiger partial charge is 0.497 e. The summed E-state index contributed by atoms with van der Waals surface area (Å²) in [6.07, 6.45) is 9.98. The molecular weight excluding hydrogens is 815 g/mol. The van der Waals surface area contributed by atoms with Gasteiger partial charge < -0.3 is 34.2 Å². The second-order valence-electron chi connectivity index (χ2n) is 17.5. The lowest BCUT2D eigenvalue weighted by Gasteiger charge is -2.30. The fourth-order valence-corrected chi connectivity index (χ4v) is 10.5. The number of hydrogen-bond donors (Lipinski definition) is 3. The van der Waals surface area contributed by atoms with Crippen LogP contribution >= 0.6 is 0 Å². The van der Waals surface area contributed by atoms with Crippen molar-refractivity contribution in [1.82, 2.24) is 25.2 Å². The number of aromatic nitrogens is 1. The van der Waals surface area contributed by atoms with Crippen molar-refractivity contribution in [3.63, 3.8) is 0 Å². The molecule has 62 heavy (non-hydrogen) atoms. The third kappa shape index (κ3) is 8.57. The SMILES string of the molecule is COc1ccc2oc3c(O[C@@H]4C[C@H]5C(=O)N[C@]6(C(=O)NS(=O)(=O)C7CC7)C[C@@H]6/C=C\CCCCC[C@H](NC(=O)OC6CCCC6)C(=O)N5C4)cc(-c4ccc(C)cc4)nc3c2c1. The Kier molecular flexibility index (Phi) is 11.4. The number of pyridine rings is 1. The van der Waals surface area contributed by atoms with Gasteiger partial charge in [-0.25, -0.2) is 18.2 Å². The highest BCUT2D eigenvalue weighted by molar-refractivity contribution is 7.91. The number of fused-ring (bicyclic) bond motifs is 5. The maximum Gasteiger partial charge on any atom is 0.408 e. The summed E-state index contributed by atoms with van der Waals surface area (Å²) in [4.78, 5) is 63.1. The summed E-state index contributed by atoms with van der Waals surface area (Å²) in [6.45, 7) is 1.96. The normalized spacial score (nSPS) is 26.5. The van der Waals surface area contributed by atoms with Crippen molar-refractivity contribution >= 4 is 55.9 Å². The number of aryl methyl sites for hydroxylation is 1. The molecule has 4 fully saturated rings. The molecule has 16 heteroatoms. The summed E-state index contributed by atoms with van der Waals surface area (Å²) in [5, 5.41) is 5.84. The number of carbonyl (C=O) groups is 4. The molecule has 0 radical (unpaired) electrons. The van der Waals surface area contributed by atoms with Gasteiger partial charge in [0.1, 0.15) is 46.7 Å². The Morgan fingerprint density at radius 2 is 1.73 bits per heavy atom. The van der Waals surface area contributed by atoms with Crippen LogP contribution in [0.15, 0.2) is 65.1 Å². The van der Waals surface area contributed by atoms with Crippen LogP contribution in [0, 0.1) is 12.8 Å². The van der Waals surface area contributed by atoms with E-state index in [1.54, 1.807) is 25.3 Å². The molecule has 2 aliphatic heterocycles. The van der Waals surface area contributed by atoms with E-state index < -0.39 is 68.7 Å². The minimum absolute atomic E-state index is 0.0210. The number of furan rings is 1. The number of nitrogens with one attached hydrogen (secondary N) is 3. The first kappa shape index (κ1) is 41.7. The average molecular weight is 868 g/mol. The van der Waals surface area contributed by atoms with Crippen molar-refractivity contribution in [3.05, 3.63) is 66.2 Å². The number of benzene rings is 2. The van der Waals surface area contributed by atoms with Crippen LogP contribution in [0.5, 0.6) is 11.5 Å². The first-order chi connectivity index (χ1) is 29.9. The molecule has 2 aromatic heterocycles. The van der Waals surface area contributed by atoms with Gasteiger partial charge in [-0.1, -0.05) is 54.8 Å². The number of allylic oxidation sites excluding steroid dienone is 1. The fourth-order valence-electron chi connectivity index (χ4n) is 9.13. The van der Waals surface area contributed by atoms with Crippen LogP contribution in [0.25, 0.3) is 33.3 Å². The molecule has 4 amide bonds. The number of rotatable bonds is 9. The molecule has 328 valence electrons. The Morgan fingerprint density at radius 1 is 0.952 bits per heavy atom. The Labute approximate surface area is 360 Å². The second-order valence-corrected chi connectivity index (χ2v) is 19.5. The molecule has 3 N–H and O–H groups in total. The Morgan fingerprint density at radius 3 is 2.48 bits per heavy atom. The van der Waals surface area contributed by atoms with E-state index in [1.807, 2.05) is 49.4 Å². The molecule has 3 saturated carbocycles. The third-order valence-electron chi connectivity index (χ3n) is 12.9. The maximum absolute atomic E-state index is 14.8. The van der Waals surface area contributed by atoms with E-state index >= 15 is 0 Å². The van der Waals surface area contributed by atoms with Gasteiger partial charge in [0, 0.05) is 24.0 Å². The number of ether oxygens (including phenoxy) is 3. The van der Waals surface area contributed by atoms with Crippen LogP contribution in [0.3, 0.4) is 0 Å². The van der Waals surface area contributed by atoms with Crippen LogP contribution in [-0.4, -0.2) is 90.9 Å². The van der Waals surface area contributed by atoms with Gasteiger partial charge in [0.05, 0.1) is 30.0 Å². The van der Waals surface area contributed by atoms with Gasteiger partial charge in [-0.3, -0.25) is 19.1 Å². The van der Waals surface area contributed by atoms with E-state index in [4.69, 9.17) is 23.6 Å². The predicted molar refractivity (Wildman–Crippen MR) is 230 cm³/mol. The zero-order valence-corrected chi connectivity index (χ0v) is 35.8. The minimum atomic E-state index is -3.92. The van der Waals surface area contributed by atoms with Crippen LogP contribution < -0.4 is 24.8 Å². The van der Waals surface area contributed by atoms with Crippen molar-refractivity contribution in [3.8, 4) is 22.8 Å². The third-order valence-corrected chi connectivity index (χ3v) is 14.8. The molecule has 15 nitrogen and oxygen atoms in total. The number of alkyl carbamates (subject to hydrolysis) is 1. The topological polar surface area (TPSA) is 195 Å². The van der Waals surface area contributed by atoms with Gasteiger partial charge >= 0.3 is 6.09 Å². The monoisotopic (exact) mass is 867 g/mol. The Balaban J connectivity index is 1.06. The number of methoxy groups -OCH3 is 1. The van der Waals surface area contributed by atoms with Gasteiger partial charge in [0.15, 0.2) is 11.3 Å². The number of sulfonamides is 1. The summed E-state index contributed by atoms with van der Waals surface area (Å²) in [6, 6.07) is 13.0. The molecule has 5 aliphatic rings. The summed E-state index contributed by atoms with van der Waals surface area (Å²) < 4.78 is 52.6. The predicted octanol–water partition coefficient (Wildman–Crippen LogP) is 6.35. The van der Waals surface area contributed by atoms with E-state index in [1.165, 1.54) is 4.90 Å². The molecule has 2 aromatic carbocycles. The summed E-state index contributed by atoms with van der Waals surface area (Å²) >= 11 is 0. The average Bonchev–Trinajstić information content (AvgIpc) is 4.07. The molecule has 0 bridgehead atoms. The second kappa shape index (κ2) is 16.9. The van der Waals surface area contributed by atoms with Crippen molar-refractivity contribution in [2.24, 2.45) is 5.92 Å². The summed E-state index contributed by atoms with van der Waals surface area (Å²) in [5.41, 5.74) is 2.49. The summed E-state index contributed by atoms with van der Waals surface area (Å²) in [5.74, 6) is -1.37. The molecule has 5 atom stereocenters.